The van der Waals surface area contributed by atoms with Crippen LogP contribution in [0.1, 0.15) is 42.5 Å². The van der Waals surface area contributed by atoms with Crippen LogP contribution in [0, 0.1) is 0 Å². The third-order valence-electron chi connectivity index (χ3n) is 5.67. The van der Waals surface area contributed by atoms with Crippen LogP contribution in [0.5, 0.6) is 11.5 Å². The molecule has 1 N–H and O–H groups in total. The first-order valence-electron chi connectivity index (χ1n) is 10.7. The van der Waals surface area contributed by atoms with E-state index in [4.69, 9.17) is 14.0 Å². The summed E-state index contributed by atoms with van der Waals surface area (Å²) in [6, 6.07) is 13.7. The van der Waals surface area contributed by atoms with Gasteiger partial charge in [-0.1, -0.05) is 62.3 Å². The van der Waals surface area contributed by atoms with Gasteiger partial charge in [0.05, 0.1) is 19.8 Å². The molecule has 3 aromatic rings. The molecule has 34 heavy (non-hydrogen) atoms. The van der Waals surface area contributed by atoms with Gasteiger partial charge in [0.25, 0.3) is 5.91 Å². The number of carbonyl (C=O) groups excluding carboxylic acids is 2. The van der Waals surface area contributed by atoms with Crippen molar-refractivity contribution in [1.82, 2.24) is 5.16 Å². The average Bonchev–Trinajstić information content (AvgIpc) is 3.41. The van der Waals surface area contributed by atoms with Crippen molar-refractivity contribution < 1.29 is 28.7 Å². The van der Waals surface area contributed by atoms with Crippen molar-refractivity contribution in [2.24, 2.45) is 0 Å². The normalized spacial score (nSPS) is 16.2. The molecule has 1 aromatic heterocycles. The number of methoxy groups -OCH3 is 2. The highest BCUT2D eigenvalue weighted by atomic mass is 16.5. The molecule has 8 nitrogen and oxygen atoms in total. The lowest BCUT2D eigenvalue weighted by molar-refractivity contribution is -0.113. The van der Waals surface area contributed by atoms with Crippen LogP contribution in [0.2, 0.25) is 0 Å². The van der Waals surface area contributed by atoms with Gasteiger partial charge in [-0.25, -0.2) is 0 Å². The molecular formula is C26H26N2O6. The minimum absolute atomic E-state index is 0.0180. The Hall–Kier alpha value is -4.07. The SMILES string of the molecule is COc1ccc(C2=C(O)[C@H](C(=O)c3ccccc3)N(c3cc(C(C)(C)C)on3)C2=O)cc1OC. The molecule has 0 radical (unpaired) electrons. The van der Waals surface area contributed by atoms with Crippen LogP contribution in [-0.2, 0) is 10.2 Å². The number of nitrogens with zero attached hydrogens (tertiary/aromatic N) is 2. The van der Waals surface area contributed by atoms with E-state index in [0.717, 1.165) is 0 Å². The Morgan fingerprint density at radius 3 is 2.29 bits per heavy atom. The number of carbonyl (C=O) groups is 2. The molecule has 1 atom stereocenters. The smallest absolute Gasteiger partial charge is 0.264 e. The minimum atomic E-state index is -1.30. The van der Waals surface area contributed by atoms with Gasteiger partial charge in [-0.15, -0.1) is 0 Å². The van der Waals surface area contributed by atoms with Crippen LogP contribution in [0.4, 0.5) is 5.82 Å². The summed E-state index contributed by atoms with van der Waals surface area (Å²) in [7, 11) is 2.98. The molecular weight excluding hydrogens is 436 g/mol. The van der Waals surface area contributed by atoms with Crippen molar-refractivity contribution in [2.75, 3.05) is 19.1 Å². The zero-order valence-corrected chi connectivity index (χ0v) is 19.7. The van der Waals surface area contributed by atoms with Crippen molar-refractivity contribution in [1.29, 1.82) is 0 Å². The van der Waals surface area contributed by atoms with Gasteiger partial charge < -0.3 is 19.1 Å². The first kappa shape index (κ1) is 23.1. The molecule has 0 saturated heterocycles. The van der Waals surface area contributed by atoms with E-state index in [-0.39, 0.29) is 22.6 Å². The monoisotopic (exact) mass is 462 g/mol. The van der Waals surface area contributed by atoms with E-state index >= 15 is 0 Å². The fourth-order valence-electron chi connectivity index (χ4n) is 3.84. The van der Waals surface area contributed by atoms with Crippen molar-refractivity contribution in [2.45, 2.75) is 32.2 Å². The number of Topliss-reactive ketones (excluding diaryl/α,β-unsaturated/α-hetero) is 1. The number of anilines is 1. The number of aromatic nitrogens is 1. The summed E-state index contributed by atoms with van der Waals surface area (Å²) >= 11 is 0. The van der Waals surface area contributed by atoms with Gasteiger partial charge in [-0.3, -0.25) is 14.5 Å². The quantitative estimate of drug-likeness (QED) is 0.536. The molecule has 0 spiro atoms. The van der Waals surface area contributed by atoms with E-state index in [9.17, 15) is 14.7 Å². The zero-order valence-electron chi connectivity index (χ0n) is 19.7. The maximum Gasteiger partial charge on any atom is 0.264 e. The standard InChI is InChI=1S/C26H26N2O6/c1-26(2,3)19-14-20(27-34-19)28-22(23(29)15-9-7-6-8-10-15)24(30)21(25(28)31)16-11-12-17(32-4)18(13-16)33-5/h6-14,22,30H,1-5H3/t22-/m0/s1. The summed E-state index contributed by atoms with van der Waals surface area (Å²) in [5.74, 6) is 0.152. The van der Waals surface area contributed by atoms with Gasteiger partial charge in [-0.05, 0) is 17.7 Å². The minimum Gasteiger partial charge on any atom is -0.509 e. The molecule has 4 rings (SSSR count). The fraction of sp³-hybridized carbons (Fsp3) is 0.269. The molecule has 2 heterocycles. The molecule has 0 unspecified atom stereocenters. The summed E-state index contributed by atoms with van der Waals surface area (Å²) in [6.45, 7) is 5.83. The molecule has 1 aliphatic heterocycles. The maximum absolute atomic E-state index is 13.7. The fourth-order valence-corrected chi connectivity index (χ4v) is 3.84. The summed E-state index contributed by atoms with van der Waals surface area (Å²) in [6.07, 6.45) is 0. The molecule has 0 aliphatic carbocycles. The van der Waals surface area contributed by atoms with E-state index in [1.807, 2.05) is 20.8 Å². The van der Waals surface area contributed by atoms with Gasteiger partial charge in [0.15, 0.2) is 29.1 Å². The van der Waals surface area contributed by atoms with Crippen molar-refractivity contribution in [3.8, 4) is 11.5 Å². The highest BCUT2D eigenvalue weighted by molar-refractivity contribution is 6.33. The molecule has 0 bridgehead atoms. The first-order chi connectivity index (χ1) is 16.2. The number of hydrogen-bond acceptors (Lipinski definition) is 7. The number of ketones is 1. The Morgan fingerprint density at radius 1 is 1.03 bits per heavy atom. The highest BCUT2D eigenvalue weighted by Crippen LogP contribution is 2.40. The Morgan fingerprint density at radius 2 is 1.71 bits per heavy atom. The third-order valence-corrected chi connectivity index (χ3v) is 5.67. The second-order valence-corrected chi connectivity index (χ2v) is 8.94. The molecule has 1 amide bonds. The van der Waals surface area contributed by atoms with Crippen molar-refractivity contribution in [3.05, 3.63) is 77.2 Å². The number of benzene rings is 2. The number of hydrogen-bond donors (Lipinski definition) is 1. The molecule has 0 fully saturated rings. The lowest BCUT2D eigenvalue weighted by atomic mass is 9.93. The molecule has 0 saturated carbocycles. The molecule has 2 aromatic carbocycles. The van der Waals surface area contributed by atoms with E-state index < -0.39 is 17.7 Å². The summed E-state index contributed by atoms with van der Waals surface area (Å²) < 4.78 is 16.1. The molecule has 1 aliphatic rings. The predicted octanol–water partition coefficient (Wildman–Crippen LogP) is 4.56. The Balaban J connectivity index is 1.86. The van der Waals surface area contributed by atoms with Crippen LogP contribution >= 0.6 is 0 Å². The number of aliphatic hydroxyl groups is 1. The summed E-state index contributed by atoms with van der Waals surface area (Å²) in [5, 5.41) is 15.3. The average molecular weight is 463 g/mol. The van der Waals surface area contributed by atoms with Crippen LogP contribution in [0.3, 0.4) is 0 Å². The van der Waals surface area contributed by atoms with Crippen LogP contribution in [0.25, 0.3) is 5.57 Å². The lowest BCUT2D eigenvalue weighted by Gasteiger charge is -2.21. The Bertz CT molecular complexity index is 1270. The van der Waals surface area contributed by atoms with Gasteiger partial charge in [0.2, 0.25) is 0 Å². The second-order valence-electron chi connectivity index (χ2n) is 8.94. The maximum atomic E-state index is 13.7. The van der Waals surface area contributed by atoms with E-state index in [1.54, 1.807) is 54.6 Å². The number of aliphatic hydroxyl groups excluding tert-OH is 1. The van der Waals surface area contributed by atoms with Gasteiger partial charge in [-0.2, -0.15) is 0 Å². The highest BCUT2D eigenvalue weighted by Gasteiger charge is 2.47. The van der Waals surface area contributed by atoms with E-state index in [2.05, 4.69) is 5.16 Å². The van der Waals surface area contributed by atoms with Crippen LogP contribution in [-0.4, -0.2) is 42.2 Å². The lowest BCUT2D eigenvalue weighted by Crippen LogP contribution is -2.41. The Labute approximate surface area is 197 Å². The molecule has 8 heteroatoms. The van der Waals surface area contributed by atoms with Crippen LogP contribution in [0.15, 0.2) is 64.9 Å². The summed E-state index contributed by atoms with van der Waals surface area (Å²) in [5.41, 5.74) is 0.350. The number of rotatable bonds is 6. The van der Waals surface area contributed by atoms with Crippen molar-refractivity contribution >= 4 is 23.1 Å². The number of amides is 1. The van der Waals surface area contributed by atoms with Gasteiger partial charge >= 0.3 is 0 Å². The third kappa shape index (κ3) is 3.91. The molecule has 176 valence electrons. The van der Waals surface area contributed by atoms with Gasteiger partial charge in [0, 0.05) is 17.0 Å². The van der Waals surface area contributed by atoms with Gasteiger partial charge in [0.1, 0.15) is 11.5 Å². The van der Waals surface area contributed by atoms with Crippen LogP contribution < -0.4 is 14.4 Å². The van der Waals surface area contributed by atoms with E-state index in [0.29, 0.717) is 28.4 Å². The Kier molecular flexibility index (Phi) is 5.91. The van der Waals surface area contributed by atoms with E-state index in [1.165, 1.54) is 19.1 Å². The first-order valence-corrected chi connectivity index (χ1v) is 10.7. The largest absolute Gasteiger partial charge is 0.509 e. The predicted molar refractivity (Wildman–Crippen MR) is 126 cm³/mol. The number of ether oxygens (including phenoxy) is 2. The topological polar surface area (TPSA) is 102 Å². The van der Waals surface area contributed by atoms with Crippen molar-refractivity contribution in [3.63, 3.8) is 0 Å². The zero-order chi connectivity index (χ0) is 24.6. The second kappa shape index (κ2) is 8.70. The summed E-state index contributed by atoms with van der Waals surface area (Å²) in [4.78, 5) is 28.4.